The highest BCUT2D eigenvalue weighted by Crippen LogP contribution is 2.12. The Labute approximate surface area is 85.1 Å². The molecule has 2 N–H and O–H groups in total. The molecule has 0 aromatic carbocycles. The largest absolute Gasteiger partial charge is 0.374 e. The van der Waals surface area contributed by atoms with E-state index in [-0.39, 0.29) is 11.6 Å². The molecule has 1 aromatic heterocycles. The summed E-state index contributed by atoms with van der Waals surface area (Å²) in [5.74, 6) is 0.856. The predicted molar refractivity (Wildman–Crippen MR) is 55.8 cm³/mol. The van der Waals surface area contributed by atoms with Gasteiger partial charge in [-0.2, -0.15) is 0 Å². The molecule has 0 bridgehead atoms. The monoisotopic (exact) mass is 197 g/mol. The van der Waals surface area contributed by atoms with Crippen molar-refractivity contribution in [2.24, 2.45) is 12.8 Å². The van der Waals surface area contributed by atoms with Gasteiger partial charge in [0, 0.05) is 19.4 Å². The molecule has 4 heteroatoms. The molecule has 0 spiro atoms. The molecule has 80 valence electrons. The summed E-state index contributed by atoms with van der Waals surface area (Å²) in [6, 6.07) is -0.158. The van der Waals surface area contributed by atoms with Crippen LogP contribution in [-0.4, -0.2) is 21.8 Å². The van der Waals surface area contributed by atoms with Gasteiger partial charge in [0.1, 0.15) is 5.82 Å². The van der Waals surface area contributed by atoms with E-state index in [4.69, 9.17) is 10.5 Å². The number of aryl methyl sites for hydroxylation is 1. The van der Waals surface area contributed by atoms with E-state index in [9.17, 15) is 0 Å². The summed E-state index contributed by atoms with van der Waals surface area (Å²) in [5.41, 5.74) is 5.79. The highest BCUT2D eigenvalue weighted by molar-refractivity contribution is 4.97. The lowest BCUT2D eigenvalue weighted by Crippen LogP contribution is -2.27. The van der Waals surface area contributed by atoms with E-state index in [0.717, 1.165) is 5.82 Å². The molecule has 14 heavy (non-hydrogen) atoms. The maximum atomic E-state index is 5.94. The average molecular weight is 197 g/mol. The number of hydrogen-bond acceptors (Lipinski definition) is 3. The van der Waals surface area contributed by atoms with E-state index >= 15 is 0 Å². The Balaban J connectivity index is 2.51. The lowest BCUT2D eigenvalue weighted by Gasteiger charge is -2.22. The molecule has 0 radical (unpaired) electrons. The van der Waals surface area contributed by atoms with Crippen LogP contribution in [-0.2, 0) is 11.8 Å². The molecule has 1 rings (SSSR count). The fourth-order valence-corrected chi connectivity index (χ4v) is 1.15. The van der Waals surface area contributed by atoms with Crippen LogP contribution in [0, 0.1) is 0 Å². The molecular formula is C10H19N3O. The Morgan fingerprint density at radius 1 is 1.57 bits per heavy atom. The molecule has 0 amide bonds. The maximum absolute atomic E-state index is 5.94. The summed E-state index contributed by atoms with van der Waals surface area (Å²) in [7, 11) is 1.93. The van der Waals surface area contributed by atoms with Gasteiger partial charge in [0.25, 0.3) is 0 Å². The predicted octanol–water partition coefficient (Wildman–Crippen LogP) is 1.23. The molecule has 0 saturated carbocycles. The van der Waals surface area contributed by atoms with Crippen LogP contribution in [0.4, 0.5) is 0 Å². The second-order valence-corrected chi connectivity index (χ2v) is 4.43. The van der Waals surface area contributed by atoms with Gasteiger partial charge in [0.15, 0.2) is 0 Å². The minimum Gasteiger partial charge on any atom is -0.374 e. The zero-order chi connectivity index (χ0) is 10.8. The maximum Gasteiger partial charge on any atom is 0.127 e. The van der Waals surface area contributed by atoms with Gasteiger partial charge in [-0.05, 0) is 20.8 Å². The highest BCUT2D eigenvalue weighted by Gasteiger charge is 2.16. The molecule has 0 aliphatic rings. The van der Waals surface area contributed by atoms with E-state index in [1.807, 2.05) is 38.6 Å². The first-order chi connectivity index (χ1) is 6.40. The molecule has 1 atom stereocenters. The van der Waals surface area contributed by atoms with Crippen molar-refractivity contribution in [2.75, 3.05) is 6.61 Å². The second kappa shape index (κ2) is 4.11. The Morgan fingerprint density at radius 2 is 2.21 bits per heavy atom. The van der Waals surface area contributed by atoms with Crippen molar-refractivity contribution in [2.45, 2.75) is 32.4 Å². The molecule has 0 saturated heterocycles. The molecule has 0 fully saturated rings. The summed E-state index contributed by atoms with van der Waals surface area (Å²) >= 11 is 0. The molecule has 1 heterocycles. The minimum atomic E-state index is -0.158. The van der Waals surface area contributed by atoms with Crippen LogP contribution in [0.1, 0.15) is 32.6 Å². The number of rotatable bonds is 3. The van der Waals surface area contributed by atoms with Crippen molar-refractivity contribution in [3.05, 3.63) is 18.2 Å². The fraction of sp³-hybridized carbons (Fsp3) is 0.700. The SMILES string of the molecule is Cn1ccnc1C(N)COC(C)(C)C. The molecule has 1 unspecified atom stereocenters. The fourth-order valence-electron chi connectivity index (χ4n) is 1.15. The van der Waals surface area contributed by atoms with Gasteiger partial charge in [-0.15, -0.1) is 0 Å². The van der Waals surface area contributed by atoms with Crippen LogP contribution in [0.15, 0.2) is 12.4 Å². The Hall–Kier alpha value is -0.870. The van der Waals surface area contributed by atoms with Gasteiger partial charge in [-0.25, -0.2) is 4.98 Å². The van der Waals surface area contributed by atoms with Crippen LogP contribution >= 0.6 is 0 Å². The topological polar surface area (TPSA) is 53.1 Å². The van der Waals surface area contributed by atoms with Crippen LogP contribution in [0.3, 0.4) is 0 Å². The van der Waals surface area contributed by atoms with Gasteiger partial charge >= 0.3 is 0 Å². The van der Waals surface area contributed by atoms with Crippen molar-refractivity contribution in [1.82, 2.24) is 9.55 Å². The smallest absolute Gasteiger partial charge is 0.127 e. The van der Waals surface area contributed by atoms with Gasteiger partial charge in [-0.1, -0.05) is 0 Å². The third kappa shape index (κ3) is 3.12. The standard InChI is InChI=1S/C10H19N3O/c1-10(2,3)14-7-8(11)9-12-5-6-13(9)4/h5-6,8H,7,11H2,1-4H3. The first kappa shape index (κ1) is 11.2. The molecular weight excluding hydrogens is 178 g/mol. The summed E-state index contributed by atoms with van der Waals surface area (Å²) in [6.07, 6.45) is 3.62. The number of aromatic nitrogens is 2. The summed E-state index contributed by atoms with van der Waals surface area (Å²) in [4.78, 5) is 4.17. The van der Waals surface area contributed by atoms with Crippen LogP contribution < -0.4 is 5.73 Å². The molecule has 0 aliphatic carbocycles. The van der Waals surface area contributed by atoms with Gasteiger partial charge in [0.05, 0.1) is 18.2 Å². The quantitative estimate of drug-likeness (QED) is 0.793. The van der Waals surface area contributed by atoms with Gasteiger partial charge in [-0.3, -0.25) is 0 Å². The summed E-state index contributed by atoms with van der Waals surface area (Å²) in [6.45, 7) is 6.53. The van der Waals surface area contributed by atoms with Crippen molar-refractivity contribution in [3.8, 4) is 0 Å². The van der Waals surface area contributed by atoms with E-state index < -0.39 is 0 Å². The first-order valence-electron chi connectivity index (χ1n) is 4.77. The Kier molecular flexibility index (Phi) is 3.29. The summed E-state index contributed by atoms with van der Waals surface area (Å²) in [5, 5.41) is 0. The average Bonchev–Trinajstić information content (AvgIpc) is 2.46. The normalized spacial score (nSPS) is 14.4. The van der Waals surface area contributed by atoms with Crippen LogP contribution in [0.5, 0.6) is 0 Å². The van der Waals surface area contributed by atoms with Gasteiger partial charge in [0.2, 0.25) is 0 Å². The zero-order valence-corrected chi connectivity index (χ0v) is 9.32. The Morgan fingerprint density at radius 3 is 2.64 bits per heavy atom. The number of nitrogens with zero attached hydrogens (tertiary/aromatic N) is 2. The van der Waals surface area contributed by atoms with Crippen molar-refractivity contribution in [1.29, 1.82) is 0 Å². The van der Waals surface area contributed by atoms with Crippen LogP contribution in [0.25, 0.3) is 0 Å². The van der Waals surface area contributed by atoms with E-state index in [0.29, 0.717) is 6.61 Å². The van der Waals surface area contributed by atoms with Crippen molar-refractivity contribution < 1.29 is 4.74 Å². The van der Waals surface area contributed by atoms with E-state index in [1.54, 1.807) is 6.20 Å². The number of imidazole rings is 1. The number of nitrogens with two attached hydrogens (primary N) is 1. The van der Waals surface area contributed by atoms with Crippen molar-refractivity contribution in [3.63, 3.8) is 0 Å². The minimum absolute atomic E-state index is 0.150. The lowest BCUT2D eigenvalue weighted by atomic mass is 10.2. The summed E-state index contributed by atoms with van der Waals surface area (Å²) < 4.78 is 7.50. The third-order valence-corrected chi connectivity index (χ3v) is 1.89. The van der Waals surface area contributed by atoms with E-state index in [2.05, 4.69) is 4.98 Å². The van der Waals surface area contributed by atoms with Gasteiger partial charge < -0.3 is 15.0 Å². The molecule has 0 aliphatic heterocycles. The number of ether oxygens (including phenoxy) is 1. The first-order valence-corrected chi connectivity index (χ1v) is 4.77. The van der Waals surface area contributed by atoms with Crippen molar-refractivity contribution >= 4 is 0 Å². The lowest BCUT2D eigenvalue weighted by molar-refractivity contribution is -0.0113. The number of hydrogen-bond donors (Lipinski definition) is 1. The second-order valence-electron chi connectivity index (χ2n) is 4.43. The van der Waals surface area contributed by atoms with Crippen LogP contribution in [0.2, 0.25) is 0 Å². The highest BCUT2D eigenvalue weighted by atomic mass is 16.5. The zero-order valence-electron chi connectivity index (χ0n) is 9.32. The third-order valence-electron chi connectivity index (χ3n) is 1.89. The Bertz CT molecular complexity index is 288. The molecule has 1 aromatic rings. The van der Waals surface area contributed by atoms with E-state index in [1.165, 1.54) is 0 Å². The molecule has 4 nitrogen and oxygen atoms in total.